The van der Waals surface area contributed by atoms with Crippen molar-refractivity contribution in [3.05, 3.63) is 33.8 Å². The van der Waals surface area contributed by atoms with E-state index in [2.05, 4.69) is 25.4 Å². The Morgan fingerprint density at radius 1 is 1.26 bits per heavy atom. The lowest BCUT2D eigenvalue weighted by atomic mass is 10.0. The lowest BCUT2D eigenvalue weighted by Crippen LogP contribution is -2.36. The van der Waals surface area contributed by atoms with Crippen LogP contribution in [0.4, 0.5) is 0 Å². The highest BCUT2D eigenvalue weighted by Crippen LogP contribution is 2.32. The van der Waals surface area contributed by atoms with Gasteiger partial charge >= 0.3 is 11.9 Å². The number of ether oxygens (including phenoxy) is 3. The monoisotopic (exact) mass is 326 g/mol. The molecule has 0 aliphatic carbocycles. The molecule has 6 heteroatoms. The normalized spacial score (nSPS) is 16.8. The molecule has 5 nitrogen and oxygen atoms in total. The molecule has 1 aliphatic rings. The van der Waals surface area contributed by atoms with E-state index >= 15 is 0 Å². The third kappa shape index (κ3) is 2.63. The van der Waals surface area contributed by atoms with Gasteiger partial charge in [0, 0.05) is 10.0 Å². The summed E-state index contributed by atoms with van der Waals surface area (Å²) in [5.74, 6) is -0.766. The van der Waals surface area contributed by atoms with E-state index in [0.29, 0.717) is 11.3 Å². The van der Waals surface area contributed by atoms with Gasteiger partial charge in [-0.2, -0.15) is 0 Å². The molecular formula is C13H11BrO5. The molecule has 1 unspecified atom stereocenters. The van der Waals surface area contributed by atoms with Gasteiger partial charge in [0.2, 0.25) is 6.10 Å². The van der Waals surface area contributed by atoms with E-state index in [0.717, 1.165) is 4.47 Å². The van der Waals surface area contributed by atoms with Crippen LogP contribution in [-0.4, -0.2) is 32.3 Å². The highest BCUT2D eigenvalue weighted by Gasteiger charge is 2.35. The van der Waals surface area contributed by atoms with Gasteiger partial charge < -0.3 is 14.2 Å². The van der Waals surface area contributed by atoms with Gasteiger partial charge in [-0.1, -0.05) is 15.9 Å². The average molecular weight is 327 g/mol. The zero-order chi connectivity index (χ0) is 14.0. The Balaban J connectivity index is 2.49. The summed E-state index contributed by atoms with van der Waals surface area (Å²) in [6.07, 6.45) is 0.461. The molecule has 0 aromatic heterocycles. The maximum atomic E-state index is 11.7. The quantitative estimate of drug-likeness (QED) is 0.777. The van der Waals surface area contributed by atoms with E-state index in [1.165, 1.54) is 14.2 Å². The molecule has 100 valence electrons. The number of esters is 2. The Hall–Kier alpha value is -1.82. The Labute approximate surface area is 118 Å². The predicted octanol–water partition coefficient (Wildman–Crippen LogP) is 1.94. The van der Waals surface area contributed by atoms with Gasteiger partial charge in [-0.25, -0.2) is 9.59 Å². The summed E-state index contributed by atoms with van der Waals surface area (Å²) in [7, 11) is 2.48. The first-order chi connectivity index (χ1) is 9.06. The molecule has 19 heavy (non-hydrogen) atoms. The molecule has 0 N–H and O–H groups in total. The van der Waals surface area contributed by atoms with E-state index in [4.69, 9.17) is 4.74 Å². The molecule has 0 fully saturated rings. The number of fused-ring (bicyclic) bond motifs is 1. The van der Waals surface area contributed by atoms with Gasteiger partial charge in [0.1, 0.15) is 5.75 Å². The van der Waals surface area contributed by atoms with Gasteiger partial charge in [0.25, 0.3) is 0 Å². The summed E-state index contributed by atoms with van der Waals surface area (Å²) in [6, 6.07) is 5.27. The molecule has 2 rings (SSSR count). The van der Waals surface area contributed by atoms with E-state index in [9.17, 15) is 9.59 Å². The van der Waals surface area contributed by atoms with Crippen molar-refractivity contribution in [2.45, 2.75) is 6.10 Å². The van der Waals surface area contributed by atoms with Crippen LogP contribution in [-0.2, 0) is 19.1 Å². The largest absolute Gasteiger partial charge is 0.473 e. The van der Waals surface area contributed by atoms with Crippen LogP contribution in [0.25, 0.3) is 6.08 Å². The molecule has 1 aromatic rings. The number of methoxy groups -OCH3 is 2. The molecule has 0 radical (unpaired) electrons. The van der Waals surface area contributed by atoms with Gasteiger partial charge in [-0.3, -0.25) is 0 Å². The van der Waals surface area contributed by atoms with E-state index in [-0.39, 0.29) is 5.57 Å². The number of hydrogen-bond donors (Lipinski definition) is 0. The number of carbonyl (C=O) groups excluding carboxylic acids is 2. The first kappa shape index (κ1) is 13.6. The second-order valence-electron chi connectivity index (χ2n) is 3.79. The molecule has 0 spiro atoms. The number of benzene rings is 1. The Morgan fingerprint density at radius 2 is 2.00 bits per heavy atom. The van der Waals surface area contributed by atoms with Gasteiger partial charge in [0.05, 0.1) is 19.8 Å². The van der Waals surface area contributed by atoms with Crippen LogP contribution in [0, 0.1) is 0 Å². The van der Waals surface area contributed by atoms with Crippen molar-refractivity contribution in [3.63, 3.8) is 0 Å². The second-order valence-corrected chi connectivity index (χ2v) is 4.71. The lowest BCUT2D eigenvalue weighted by molar-refractivity contribution is -0.150. The van der Waals surface area contributed by atoms with Gasteiger partial charge in [0.15, 0.2) is 0 Å². The smallest absolute Gasteiger partial charge is 0.352 e. The van der Waals surface area contributed by atoms with Crippen molar-refractivity contribution >= 4 is 33.9 Å². The second kappa shape index (κ2) is 5.44. The summed E-state index contributed by atoms with van der Waals surface area (Å²) in [6.45, 7) is 0. The van der Waals surface area contributed by atoms with Crippen molar-refractivity contribution in [2.24, 2.45) is 0 Å². The molecule has 1 aromatic carbocycles. The molecule has 0 saturated carbocycles. The number of hydrogen-bond acceptors (Lipinski definition) is 5. The summed E-state index contributed by atoms with van der Waals surface area (Å²) >= 11 is 3.33. The van der Waals surface area contributed by atoms with E-state index in [1.807, 2.05) is 0 Å². The van der Waals surface area contributed by atoms with Crippen LogP contribution in [0.15, 0.2) is 28.2 Å². The summed E-state index contributed by atoms with van der Waals surface area (Å²) in [4.78, 5) is 23.4. The third-order valence-corrected chi connectivity index (χ3v) is 3.14. The van der Waals surface area contributed by atoms with Crippen LogP contribution in [0.1, 0.15) is 5.56 Å². The van der Waals surface area contributed by atoms with Crippen LogP contribution in [0.2, 0.25) is 0 Å². The summed E-state index contributed by atoms with van der Waals surface area (Å²) < 4.78 is 15.6. The first-order valence-electron chi connectivity index (χ1n) is 5.40. The molecule has 0 amide bonds. The fourth-order valence-electron chi connectivity index (χ4n) is 1.74. The molecule has 1 atom stereocenters. The van der Waals surface area contributed by atoms with Crippen LogP contribution in [0.3, 0.4) is 0 Å². The van der Waals surface area contributed by atoms with Crippen LogP contribution < -0.4 is 4.74 Å². The van der Waals surface area contributed by atoms with Crippen LogP contribution >= 0.6 is 15.9 Å². The molecule has 1 heterocycles. The number of carbonyl (C=O) groups is 2. The maximum absolute atomic E-state index is 11.7. The summed E-state index contributed by atoms with van der Waals surface area (Å²) in [5, 5.41) is 0. The van der Waals surface area contributed by atoms with Gasteiger partial charge in [-0.15, -0.1) is 0 Å². The Bertz CT molecular complexity index is 564. The van der Waals surface area contributed by atoms with E-state index < -0.39 is 18.0 Å². The lowest BCUT2D eigenvalue weighted by Gasteiger charge is -2.24. The zero-order valence-corrected chi connectivity index (χ0v) is 11.9. The molecule has 1 aliphatic heterocycles. The fourth-order valence-corrected chi connectivity index (χ4v) is 2.12. The number of halogens is 1. The fraction of sp³-hybridized carbons (Fsp3) is 0.231. The minimum Gasteiger partial charge on any atom is -0.473 e. The highest BCUT2D eigenvalue weighted by molar-refractivity contribution is 9.10. The summed E-state index contributed by atoms with van der Waals surface area (Å²) in [5.41, 5.74) is 0.801. The molecule has 0 saturated heterocycles. The number of rotatable bonds is 2. The SMILES string of the molecule is COC(=O)C1=Cc2cc(Br)ccc2OC1C(=O)OC. The predicted molar refractivity (Wildman–Crippen MR) is 70.6 cm³/mol. The van der Waals surface area contributed by atoms with Crippen LogP contribution in [0.5, 0.6) is 5.75 Å². The molecule has 0 bridgehead atoms. The Kier molecular flexibility index (Phi) is 3.90. The average Bonchev–Trinajstić information content (AvgIpc) is 2.44. The topological polar surface area (TPSA) is 61.8 Å². The van der Waals surface area contributed by atoms with Crippen molar-refractivity contribution in [2.75, 3.05) is 14.2 Å². The minimum absolute atomic E-state index is 0.111. The van der Waals surface area contributed by atoms with Gasteiger partial charge in [-0.05, 0) is 24.3 Å². The van der Waals surface area contributed by atoms with Crippen molar-refractivity contribution in [3.8, 4) is 5.75 Å². The standard InChI is InChI=1S/C13H11BrO5/c1-17-12(15)9-6-7-5-8(14)3-4-10(7)19-11(9)13(16)18-2/h3-6,11H,1-2H3. The molecular weight excluding hydrogens is 316 g/mol. The highest BCUT2D eigenvalue weighted by atomic mass is 79.9. The minimum atomic E-state index is -1.11. The van der Waals surface area contributed by atoms with Crippen molar-refractivity contribution in [1.82, 2.24) is 0 Å². The van der Waals surface area contributed by atoms with E-state index in [1.54, 1.807) is 24.3 Å². The van der Waals surface area contributed by atoms with Crippen molar-refractivity contribution < 1.29 is 23.8 Å². The third-order valence-electron chi connectivity index (χ3n) is 2.65. The zero-order valence-electron chi connectivity index (χ0n) is 10.3. The maximum Gasteiger partial charge on any atom is 0.352 e. The van der Waals surface area contributed by atoms with Crippen molar-refractivity contribution in [1.29, 1.82) is 0 Å². The first-order valence-corrected chi connectivity index (χ1v) is 6.20. The Morgan fingerprint density at radius 3 is 2.63 bits per heavy atom.